The number of rotatable bonds is 5. The predicted molar refractivity (Wildman–Crippen MR) is 78.2 cm³/mol. The summed E-state index contributed by atoms with van der Waals surface area (Å²) in [6.45, 7) is 0.423. The third-order valence-electron chi connectivity index (χ3n) is 2.94. The number of anilines is 1. The number of nitro groups is 1. The van der Waals surface area contributed by atoms with E-state index in [1.807, 2.05) is 30.3 Å². The summed E-state index contributed by atoms with van der Waals surface area (Å²) in [7, 11) is 1.26. The summed E-state index contributed by atoms with van der Waals surface area (Å²) >= 11 is 0. The minimum absolute atomic E-state index is 0.0846. The first-order valence-corrected chi connectivity index (χ1v) is 6.26. The Balaban J connectivity index is 2.26. The van der Waals surface area contributed by atoms with Crippen molar-refractivity contribution in [2.45, 2.75) is 6.54 Å². The molecule has 0 aliphatic rings. The topological polar surface area (TPSA) is 81.5 Å². The van der Waals surface area contributed by atoms with E-state index >= 15 is 0 Å². The number of nitro benzene ring substituents is 1. The molecule has 2 aromatic rings. The number of ether oxygens (including phenoxy) is 1. The molecule has 0 heterocycles. The van der Waals surface area contributed by atoms with Crippen LogP contribution in [0.4, 0.5) is 11.4 Å². The molecule has 0 fully saturated rings. The minimum Gasteiger partial charge on any atom is -0.465 e. The Morgan fingerprint density at radius 1 is 1.24 bits per heavy atom. The molecule has 0 bridgehead atoms. The molecule has 6 heteroatoms. The van der Waals surface area contributed by atoms with Gasteiger partial charge in [0.1, 0.15) is 5.69 Å². The fourth-order valence-electron chi connectivity index (χ4n) is 1.87. The zero-order chi connectivity index (χ0) is 15.2. The molecule has 108 valence electrons. The lowest BCUT2D eigenvalue weighted by Gasteiger charge is -2.08. The molecular formula is C15H14N2O4. The van der Waals surface area contributed by atoms with Gasteiger partial charge in [-0.3, -0.25) is 10.1 Å². The molecular weight excluding hydrogens is 272 g/mol. The van der Waals surface area contributed by atoms with Crippen LogP contribution in [0, 0.1) is 10.1 Å². The zero-order valence-electron chi connectivity index (χ0n) is 11.4. The average molecular weight is 286 g/mol. The summed E-state index contributed by atoms with van der Waals surface area (Å²) in [5, 5.41) is 14.0. The first-order chi connectivity index (χ1) is 10.1. The van der Waals surface area contributed by atoms with Crippen LogP contribution < -0.4 is 5.32 Å². The largest absolute Gasteiger partial charge is 0.465 e. The fraction of sp³-hybridized carbons (Fsp3) is 0.133. The van der Waals surface area contributed by atoms with Crippen molar-refractivity contribution in [1.82, 2.24) is 0 Å². The van der Waals surface area contributed by atoms with E-state index in [4.69, 9.17) is 0 Å². The van der Waals surface area contributed by atoms with E-state index < -0.39 is 10.9 Å². The molecule has 0 aliphatic carbocycles. The van der Waals surface area contributed by atoms with Crippen LogP contribution in [0.3, 0.4) is 0 Å². The highest BCUT2D eigenvalue weighted by Gasteiger charge is 2.16. The Labute approximate surface area is 121 Å². The van der Waals surface area contributed by atoms with Crippen molar-refractivity contribution in [2.75, 3.05) is 12.4 Å². The van der Waals surface area contributed by atoms with E-state index in [1.165, 1.54) is 25.3 Å². The summed E-state index contributed by atoms with van der Waals surface area (Å²) < 4.78 is 4.62. The average Bonchev–Trinajstić information content (AvgIpc) is 2.52. The Kier molecular flexibility index (Phi) is 4.50. The third kappa shape index (κ3) is 3.56. The van der Waals surface area contributed by atoms with Gasteiger partial charge in [0.2, 0.25) is 0 Å². The third-order valence-corrected chi connectivity index (χ3v) is 2.94. The van der Waals surface area contributed by atoms with Crippen LogP contribution in [-0.2, 0) is 11.3 Å². The molecule has 0 amide bonds. The van der Waals surface area contributed by atoms with E-state index in [1.54, 1.807) is 0 Å². The number of esters is 1. The summed E-state index contributed by atoms with van der Waals surface area (Å²) in [6, 6.07) is 13.6. The van der Waals surface area contributed by atoms with Crippen molar-refractivity contribution in [1.29, 1.82) is 0 Å². The smallest absolute Gasteiger partial charge is 0.337 e. The molecule has 6 nitrogen and oxygen atoms in total. The minimum atomic E-state index is -0.535. The quantitative estimate of drug-likeness (QED) is 0.519. The monoisotopic (exact) mass is 286 g/mol. The highest BCUT2D eigenvalue weighted by Crippen LogP contribution is 2.26. The molecule has 2 aromatic carbocycles. The normalized spacial score (nSPS) is 9.95. The van der Waals surface area contributed by atoms with Crippen LogP contribution in [0.15, 0.2) is 48.5 Å². The van der Waals surface area contributed by atoms with Crippen LogP contribution in [0.25, 0.3) is 0 Å². The molecule has 0 radical (unpaired) electrons. The molecule has 0 saturated heterocycles. The van der Waals surface area contributed by atoms with Crippen LogP contribution >= 0.6 is 0 Å². The second kappa shape index (κ2) is 6.51. The van der Waals surface area contributed by atoms with Gasteiger partial charge in [-0.05, 0) is 17.7 Å². The van der Waals surface area contributed by atoms with Crippen LogP contribution in [0.1, 0.15) is 15.9 Å². The first kappa shape index (κ1) is 14.5. The highest BCUT2D eigenvalue weighted by atomic mass is 16.6. The molecule has 0 saturated carbocycles. The lowest BCUT2D eigenvalue weighted by atomic mass is 10.1. The van der Waals surface area contributed by atoms with Crippen LogP contribution in [0.2, 0.25) is 0 Å². The van der Waals surface area contributed by atoms with Crippen LogP contribution in [-0.4, -0.2) is 18.0 Å². The van der Waals surface area contributed by atoms with Gasteiger partial charge in [-0.25, -0.2) is 4.79 Å². The number of hydrogen-bond donors (Lipinski definition) is 1. The fourth-order valence-corrected chi connectivity index (χ4v) is 1.87. The number of carbonyl (C=O) groups excluding carboxylic acids is 1. The van der Waals surface area contributed by atoms with Gasteiger partial charge in [-0.2, -0.15) is 0 Å². The van der Waals surface area contributed by atoms with Gasteiger partial charge in [-0.15, -0.1) is 0 Å². The number of nitrogens with one attached hydrogen (secondary N) is 1. The molecule has 1 N–H and O–H groups in total. The van der Waals surface area contributed by atoms with Crippen molar-refractivity contribution in [3.8, 4) is 0 Å². The summed E-state index contributed by atoms with van der Waals surface area (Å²) in [6.07, 6.45) is 0. The summed E-state index contributed by atoms with van der Waals surface area (Å²) in [4.78, 5) is 22.0. The first-order valence-electron chi connectivity index (χ1n) is 6.26. The molecule has 0 aromatic heterocycles. The predicted octanol–water partition coefficient (Wildman–Crippen LogP) is 2.99. The number of carbonyl (C=O) groups is 1. The van der Waals surface area contributed by atoms with E-state index in [-0.39, 0.29) is 16.9 Å². The van der Waals surface area contributed by atoms with Crippen molar-refractivity contribution >= 4 is 17.3 Å². The zero-order valence-corrected chi connectivity index (χ0v) is 11.4. The number of methoxy groups -OCH3 is 1. The molecule has 0 unspecified atom stereocenters. The Bertz CT molecular complexity index is 656. The van der Waals surface area contributed by atoms with Gasteiger partial charge >= 0.3 is 5.97 Å². The number of nitrogens with zero attached hydrogens (tertiary/aromatic N) is 1. The number of hydrogen-bond acceptors (Lipinski definition) is 5. The van der Waals surface area contributed by atoms with Crippen molar-refractivity contribution in [3.05, 3.63) is 69.8 Å². The maximum absolute atomic E-state index is 11.5. The van der Waals surface area contributed by atoms with Crippen molar-refractivity contribution in [2.24, 2.45) is 0 Å². The van der Waals surface area contributed by atoms with Gasteiger partial charge in [0, 0.05) is 12.6 Å². The number of benzene rings is 2. The van der Waals surface area contributed by atoms with Crippen molar-refractivity contribution in [3.63, 3.8) is 0 Å². The van der Waals surface area contributed by atoms with Gasteiger partial charge in [0.15, 0.2) is 0 Å². The maximum Gasteiger partial charge on any atom is 0.337 e. The van der Waals surface area contributed by atoms with Gasteiger partial charge in [0.25, 0.3) is 5.69 Å². The van der Waals surface area contributed by atoms with Crippen molar-refractivity contribution < 1.29 is 14.5 Å². The van der Waals surface area contributed by atoms with Gasteiger partial charge in [0.05, 0.1) is 17.6 Å². The molecule has 0 aliphatic heterocycles. The molecule has 0 atom stereocenters. The van der Waals surface area contributed by atoms with Gasteiger partial charge in [-0.1, -0.05) is 30.3 Å². The molecule has 21 heavy (non-hydrogen) atoms. The summed E-state index contributed by atoms with van der Waals surface area (Å²) in [5.74, 6) is -0.535. The Morgan fingerprint density at radius 2 is 1.95 bits per heavy atom. The maximum atomic E-state index is 11.5. The standard InChI is InChI=1S/C15H14N2O4/c1-21-15(18)12-7-8-14(17(19)20)13(9-12)16-10-11-5-3-2-4-6-11/h2-9,16H,10H2,1H3. The van der Waals surface area contributed by atoms with E-state index in [9.17, 15) is 14.9 Å². The Hall–Kier alpha value is -2.89. The molecule has 2 rings (SSSR count). The lowest BCUT2D eigenvalue weighted by molar-refractivity contribution is -0.384. The van der Waals surface area contributed by atoms with Crippen LogP contribution in [0.5, 0.6) is 0 Å². The SMILES string of the molecule is COC(=O)c1ccc([N+](=O)[O-])c(NCc2ccccc2)c1. The van der Waals surface area contributed by atoms with E-state index in [0.29, 0.717) is 6.54 Å². The van der Waals surface area contributed by atoms with E-state index in [2.05, 4.69) is 10.1 Å². The second-order valence-corrected chi connectivity index (χ2v) is 4.32. The summed E-state index contributed by atoms with van der Waals surface area (Å²) in [5.41, 5.74) is 1.44. The molecule has 0 spiro atoms. The van der Waals surface area contributed by atoms with E-state index in [0.717, 1.165) is 5.56 Å². The van der Waals surface area contributed by atoms with Gasteiger partial charge < -0.3 is 10.1 Å². The lowest BCUT2D eigenvalue weighted by Crippen LogP contribution is -2.06. The highest BCUT2D eigenvalue weighted by molar-refractivity contribution is 5.91. The second-order valence-electron chi connectivity index (χ2n) is 4.32. The Morgan fingerprint density at radius 3 is 2.57 bits per heavy atom.